The first-order valence-corrected chi connectivity index (χ1v) is 12.7. The van der Waals surface area contributed by atoms with Crippen molar-refractivity contribution in [1.82, 2.24) is 9.71 Å². The number of hydrogen-bond donors (Lipinski definition) is 1. The van der Waals surface area contributed by atoms with Gasteiger partial charge in [-0.05, 0) is 68.2 Å². The van der Waals surface area contributed by atoms with Gasteiger partial charge in [-0.15, -0.1) is 0 Å². The Morgan fingerprint density at radius 2 is 2.00 bits per heavy atom. The summed E-state index contributed by atoms with van der Waals surface area (Å²) in [4.78, 5) is 19.1. The van der Waals surface area contributed by atoms with Crippen molar-refractivity contribution in [1.29, 1.82) is 0 Å². The Bertz CT molecular complexity index is 1120. The van der Waals surface area contributed by atoms with Crippen molar-refractivity contribution in [3.8, 4) is 5.75 Å². The largest absolute Gasteiger partial charge is 0.488 e. The van der Waals surface area contributed by atoms with Crippen LogP contribution in [0.25, 0.3) is 0 Å². The van der Waals surface area contributed by atoms with E-state index in [4.69, 9.17) is 4.74 Å². The fourth-order valence-corrected chi connectivity index (χ4v) is 5.46. The van der Waals surface area contributed by atoms with Gasteiger partial charge >= 0.3 is 0 Å². The molecule has 2 aromatic rings. The van der Waals surface area contributed by atoms with Crippen molar-refractivity contribution in [3.05, 3.63) is 53.5 Å². The lowest BCUT2D eigenvalue weighted by Gasteiger charge is -2.34. The molecule has 172 valence electrons. The number of amides is 1. The van der Waals surface area contributed by atoms with Crippen LogP contribution in [0.1, 0.15) is 61.8 Å². The molecule has 3 aliphatic rings. The van der Waals surface area contributed by atoms with E-state index in [-0.39, 0.29) is 19.0 Å². The summed E-state index contributed by atoms with van der Waals surface area (Å²) in [5, 5.41) is -0.548. The molecule has 1 N–H and O–H groups in total. The second kappa shape index (κ2) is 8.35. The summed E-state index contributed by atoms with van der Waals surface area (Å²) in [6.07, 6.45) is 6.34. The highest BCUT2D eigenvalue weighted by molar-refractivity contribution is 7.91. The van der Waals surface area contributed by atoms with Gasteiger partial charge in [0, 0.05) is 20.2 Å². The number of pyridine rings is 1. The van der Waals surface area contributed by atoms with Crippen LogP contribution in [0, 0.1) is 5.82 Å². The third-order valence-electron chi connectivity index (χ3n) is 6.20. The van der Waals surface area contributed by atoms with Crippen molar-refractivity contribution in [2.75, 3.05) is 18.0 Å². The lowest BCUT2D eigenvalue weighted by Crippen LogP contribution is -2.41. The van der Waals surface area contributed by atoms with E-state index in [0.29, 0.717) is 25.1 Å². The monoisotopic (exact) mass is 461 g/mol. The molecule has 32 heavy (non-hydrogen) atoms. The normalized spacial score (nSPS) is 21.3. The molecule has 5 rings (SSSR count). The zero-order valence-electron chi connectivity index (χ0n) is 17.7. The molecule has 0 spiro atoms. The fourth-order valence-electron chi connectivity index (χ4n) is 4.17. The second-order valence-corrected chi connectivity index (χ2v) is 10.8. The average Bonchev–Trinajstić information content (AvgIpc) is 3.67. The van der Waals surface area contributed by atoms with Gasteiger partial charge in [0.2, 0.25) is 10.0 Å². The Kier molecular flexibility index (Phi) is 5.53. The van der Waals surface area contributed by atoms with Crippen LogP contribution in [0.2, 0.25) is 0 Å². The maximum absolute atomic E-state index is 14.9. The first-order chi connectivity index (χ1) is 15.4. The minimum absolute atomic E-state index is 0. The SMILES string of the molecule is O=C(NS(=O)(=O)C1CC1)c1cc(C2CC2)c(O[C@@H]2CCCN(c3ccccn3)C2)cc1F.[HH]. The molecule has 1 atom stereocenters. The average molecular weight is 462 g/mol. The number of nitrogens with one attached hydrogen (secondary N) is 1. The van der Waals surface area contributed by atoms with E-state index in [1.165, 1.54) is 12.1 Å². The van der Waals surface area contributed by atoms with Gasteiger partial charge in [-0.3, -0.25) is 4.79 Å². The van der Waals surface area contributed by atoms with E-state index in [9.17, 15) is 17.6 Å². The number of halogens is 1. The van der Waals surface area contributed by atoms with E-state index < -0.39 is 27.0 Å². The molecule has 9 heteroatoms. The standard InChI is InChI=1S/C23H26FN3O4S.H2/c24-20-13-21(31-16-4-3-11-27(14-16)22-5-1-2-10-25-22)18(15-6-7-15)12-19(20)23(28)26-32(29,30)17-8-9-17;/h1-2,5,10,12-13,15-17H,3-4,6-9,11,14H2,(H,26,28);1H/t16-;/m1./s1. The van der Waals surface area contributed by atoms with E-state index in [0.717, 1.165) is 43.6 Å². The van der Waals surface area contributed by atoms with Crippen LogP contribution in [-0.4, -0.2) is 43.8 Å². The van der Waals surface area contributed by atoms with Crippen molar-refractivity contribution < 1.29 is 23.8 Å². The fraction of sp³-hybridized carbons (Fsp3) is 0.478. The number of hydrogen-bond acceptors (Lipinski definition) is 6. The number of anilines is 1. The quantitative estimate of drug-likeness (QED) is 0.678. The van der Waals surface area contributed by atoms with Gasteiger partial charge in [0.15, 0.2) is 0 Å². The van der Waals surface area contributed by atoms with Gasteiger partial charge < -0.3 is 9.64 Å². The predicted octanol–water partition coefficient (Wildman–Crippen LogP) is 3.61. The van der Waals surface area contributed by atoms with Gasteiger partial charge in [-0.1, -0.05) is 6.07 Å². The summed E-state index contributed by atoms with van der Waals surface area (Å²) in [6.45, 7) is 1.53. The minimum atomic E-state index is -3.74. The van der Waals surface area contributed by atoms with Gasteiger partial charge in [0.05, 0.1) is 17.4 Å². The Morgan fingerprint density at radius 3 is 2.69 bits per heavy atom. The second-order valence-electron chi connectivity index (χ2n) is 8.84. The zero-order valence-corrected chi connectivity index (χ0v) is 18.5. The van der Waals surface area contributed by atoms with E-state index >= 15 is 0 Å². The maximum atomic E-state index is 14.9. The number of carbonyl (C=O) groups excluding carboxylic acids is 1. The summed E-state index contributed by atoms with van der Waals surface area (Å²) in [5.74, 6) is -0.155. The number of benzene rings is 1. The van der Waals surface area contributed by atoms with E-state index in [1.807, 2.05) is 22.9 Å². The summed E-state index contributed by atoms with van der Waals surface area (Å²) >= 11 is 0. The number of rotatable bonds is 7. The highest BCUT2D eigenvalue weighted by atomic mass is 32.2. The van der Waals surface area contributed by atoms with Gasteiger partial charge in [-0.25, -0.2) is 22.5 Å². The van der Waals surface area contributed by atoms with Crippen molar-refractivity contribution in [3.63, 3.8) is 0 Å². The molecule has 1 aromatic heterocycles. The molecule has 1 amide bonds. The molecule has 2 aliphatic carbocycles. The molecule has 1 aromatic carbocycles. The molecule has 0 unspecified atom stereocenters. The van der Waals surface area contributed by atoms with E-state index in [2.05, 4.69) is 9.88 Å². The Morgan fingerprint density at radius 1 is 1.19 bits per heavy atom. The van der Waals surface area contributed by atoms with E-state index in [1.54, 1.807) is 6.20 Å². The Labute approximate surface area is 188 Å². The molecule has 1 aliphatic heterocycles. The minimum Gasteiger partial charge on any atom is -0.488 e. The van der Waals surface area contributed by atoms with Crippen LogP contribution in [0.4, 0.5) is 10.2 Å². The number of sulfonamides is 1. The van der Waals surface area contributed by atoms with Crippen molar-refractivity contribution in [2.24, 2.45) is 0 Å². The molecule has 1 saturated heterocycles. The highest BCUT2D eigenvalue weighted by Crippen LogP contribution is 2.45. The van der Waals surface area contributed by atoms with Crippen LogP contribution in [0.15, 0.2) is 36.5 Å². The first-order valence-electron chi connectivity index (χ1n) is 11.1. The number of aromatic nitrogens is 1. The summed E-state index contributed by atoms with van der Waals surface area (Å²) < 4.78 is 47.4. The summed E-state index contributed by atoms with van der Waals surface area (Å²) in [6, 6.07) is 8.49. The Balaban J connectivity index is 0.00000259. The Hall–Kier alpha value is -2.68. The molecule has 2 heterocycles. The lowest BCUT2D eigenvalue weighted by atomic mass is 10.0. The third-order valence-corrected chi connectivity index (χ3v) is 8.02. The predicted molar refractivity (Wildman–Crippen MR) is 120 cm³/mol. The first kappa shape index (κ1) is 21.2. The van der Waals surface area contributed by atoms with Crippen molar-refractivity contribution >= 4 is 21.7 Å². The van der Waals surface area contributed by atoms with Crippen molar-refractivity contribution in [2.45, 2.75) is 55.8 Å². The van der Waals surface area contributed by atoms with Crippen LogP contribution < -0.4 is 14.4 Å². The maximum Gasteiger partial charge on any atom is 0.267 e. The smallest absolute Gasteiger partial charge is 0.267 e. The summed E-state index contributed by atoms with van der Waals surface area (Å²) in [5.41, 5.74) is 0.526. The topological polar surface area (TPSA) is 88.6 Å². The molecule has 2 saturated carbocycles. The molecule has 0 bridgehead atoms. The number of ether oxygens (including phenoxy) is 1. The highest BCUT2D eigenvalue weighted by Gasteiger charge is 2.38. The summed E-state index contributed by atoms with van der Waals surface area (Å²) in [7, 11) is -3.74. The molecular formula is C23H28FN3O4S. The van der Waals surface area contributed by atoms with Crippen LogP contribution in [-0.2, 0) is 10.0 Å². The molecule has 7 nitrogen and oxygen atoms in total. The molecule has 0 radical (unpaired) electrons. The molecule has 3 fully saturated rings. The number of nitrogens with zero attached hydrogens (tertiary/aromatic N) is 2. The number of piperidine rings is 1. The van der Waals surface area contributed by atoms with Gasteiger partial charge in [-0.2, -0.15) is 0 Å². The van der Waals surface area contributed by atoms with Crippen LogP contribution in [0.3, 0.4) is 0 Å². The van der Waals surface area contributed by atoms with Crippen LogP contribution in [0.5, 0.6) is 5.75 Å². The van der Waals surface area contributed by atoms with Crippen LogP contribution >= 0.6 is 0 Å². The number of carbonyl (C=O) groups is 1. The molecular weight excluding hydrogens is 433 g/mol. The zero-order chi connectivity index (χ0) is 22.3. The van der Waals surface area contributed by atoms with Gasteiger partial charge in [0.25, 0.3) is 5.91 Å². The van der Waals surface area contributed by atoms with Gasteiger partial charge in [0.1, 0.15) is 23.5 Å². The third kappa shape index (κ3) is 4.57. The lowest BCUT2D eigenvalue weighted by molar-refractivity contribution is 0.0977.